The molecule has 108 valence electrons. The van der Waals surface area contributed by atoms with Crippen molar-refractivity contribution in [2.75, 3.05) is 0 Å². The Hall–Kier alpha value is -1.11. The van der Waals surface area contributed by atoms with Crippen LogP contribution < -0.4 is 0 Å². The molecule has 0 aliphatic heterocycles. The standard InChI is InChI=1S/C14H12ClN3OS2/c1-7(13-17-12(18-19-13)8-2-3-8)20-14-16-10-6-9(15)4-5-11(10)21-14/h4-8H,2-3H2,1H3. The highest BCUT2D eigenvalue weighted by Crippen LogP contribution is 2.41. The van der Waals surface area contributed by atoms with E-state index in [9.17, 15) is 0 Å². The summed E-state index contributed by atoms with van der Waals surface area (Å²) in [6.07, 6.45) is 2.36. The lowest BCUT2D eigenvalue weighted by Crippen LogP contribution is -1.89. The van der Waals surface area contributed by atoms with Gasteiger partial charge in [-0.2, -0.15) is 4.98 Å². The normalized spacial score (nSPS) is 16.5. The van der Waals surface area contributed by atoms with Crippen LogP contribution in [0.3, 0.4) is 0 Å². The van der Waals surface area contributed by atoms with E-state index in [-0.39, 0.29) is 5.25 Å². The van der Waals surface area contributed by atoms with Crippen molar-refractivity contribution in [1.82, 2.24) is 15.1 Å². The highest BCUT2D eigenvalue weighted by atomic mass is 35.5. The minimum Gasteiger partial charge on any atom is -0.338 e. The van der Waals surface area contributed by atoms with Crippen LogP contribution >= 0.6 is 34.7 Å². The Bertz CT molecular complexity index is 796. The van der Waals surface area contributed by atoms with Gasteiger partial charge in [0.25, 0.3) is 0 Å². The molecule has 0 spiro atoms. The molecule has 7 heteroatoms. The minimum absolute atomic E-state index is 0.0982. The van der Waals surface area contributed by atoms with E-state index in [2.05, 4.69) is 22.0 Å². The summed E-state index contributed by atoms with van der Waals surface area (Å²) in [5.74, 6) is 2.05. The first kappa shape index (κ1) is 13.5. The Labute approximate surface area is 134 Å². The maximum Gasteiger partial charge on any atom is 0.239 e. The number of halogens is 1. The van der Waals surface area contributed by atoms with Crippen LogP contribution in [0.4, 0.5) is 0 Å². The van der Waals surface area contributed by atoms with Crippen LogP contribution in [0, 0.1) is 0 Å². The zero-order valence-corrected chi connectivity index (χ0v) is 13.6. The molecule has 2 heterocycles. The molecule has 1 atom stereocenters. The minimum atomic E-state index is 0.0982. The Balaban J connectivity index is 1.54. The molecule has 1 saturated carbocycles. The highest BCUT2D eigenvalue weighted by molar-refractivity contribution is 8.01. The predicted molar refractivity (Wildman–Crippen MR) is 85.2 cm³/mol. The molecule has 1 aliphatic carbocycles. The fourth-order valence-electron chi connectivity index (χ4n) is 2.05. The first-order valence-corrected chi connectivity index (χ1v) is 8.83. The van der Waals surface area contributed by atoms with E-state index >= 15 is 0 Å². The van der Waals surface area contributed by atoms with Gasteiger partial charge in [-0.15, -0.1) is 11.3 Å². The first-order chi connectivity index (χ1) is 10.2. The van der Waals surface area contributed by atoms with Crippen LogP contribution in [-0.4, -0.2) is 15.1 Å². The van der Waals surface area contributed by atoms with Gasteiger partial charge in [-0.3, -0.25) is 0 Å². The molecule has 1 fully saturated rings. The van der Waals surface area contributed by atoms with Crippen LogP contribution in [0.15, 0.2) is 27.1 Å². The van der Waals surface area contributed by atoms with E-state index < -0.39 is 0 Å². The molecule has 21 heavy (non-hydrogen) atoms. The van der Waals surface area contributed by atoms with Crippen molar-refractivity contribution in [2.45, 2.75) is 35.3 Å². The lowest BCUT2D eigenvalue weighted by molar-refractivity contribution is 0.375. The predicted octanol–water partition coefficient (Wildman–Crippen LogP) is 5.06. The molecule has 1 aliphatic rings. The van der Waals surface area contributed by atoms with Crippen molar-refractivity contribution in [3.05, 3.63) is 34.9 Å². The van der Waals surface area contributed by atoms with E-state index in [0.29, 0.717) is 16.8 Å². The number of hydrogen-bond acceptors (Lipinski definition) is 6. The summed E-state index contributed by atoms with van der Waals surface area (Å²) in [6, 6.07) is 5.78. The van der Waals surface area contributed by atoms with E-state index in [1.807, 2.05) is 18.2 Å². The molecule has 0 bridgehead atoms. The molecule has 2 aromatic heterocycles. The fourth-order valence-corrected chi connectivity index (χ4v) is 4.44. The van der Waals surface area contributed by atoms with Crippen LogP contribution in [-0.2, 0) is 0 Å². The number of aromatic nitrogens is 3. The molecular formula is C14H12ClN3OS2. The molecule has 0 N–H and O–H groups in total. The number of nitrogens with zero attached hydrogens (tertiary/aromatic N) is 3. The number of rotatable bonds is 4. The molecule has 1 unspecified atom stereocenters. The molecular weight excluding hydrogens is 326 g/mol. The average Bonchev–Trinajstić information content (AvgIpc) is 3.05. The van der Waals surface area contributed by atoms with E-state index in [1.54, 1.807) is 23.1 Å². The SMILES string of the molecule is CC(Sc1nc2cc(Cl)ccc2s1)c1nc(C2CC2)no1. The van der Waals surface area contributed by atoms with E-state index in [0.717, 1.165) is 20.4 Å². The summed E-state index contributed by atoms with van der Waals surface area (Å²) in [5.41, 5.74) is 0.936. The third kappa shape index (κ3) is 2.80. The lowest BCUT2D eigenvalue weighted by Gasteiger charge is -2.01. The van der Waals surface area contributed by atoms with Crippen molar-refractivity contribution in [3.8, 4) is 0 Å². The molecule has 4 nitrogen and oxygen atoms in total. The third-order valence-electron chi connectivity index (χ3n) is 3.36. The number of benzene rings is 1. The van der Waals surface area contributed by atoms with Gasteiger partial charge in [0.05, 0.1) is 15.5 Å². The second kappa shape index (κ2) is 5.26. The summed E-state index contributed by atoms with van der Waals surface area (Å²) < 4.78 is 7.50. The molecule has 0 saturated heterocycles. The van der Waals surface area contributed by atoms with E-state index in [1.165, 1.54) is 12.8 Å². The van der Waals surface area contributed by atoms with Gasteiger partial charge >= 0.3 is 0 Å². The molecule has 0 radical (unpaired) electrons. The van der Waals surface area contributed by atoms with Crippen LogP contribution in [0.25, 0.3) is 10.2 Å². The Morgan fingerprint density at radius 1 is 1.38 bits per heavy atom. The number of thiazole rings is 1. The summed E-state index contributed by atoms with van der Waals surface area (Å²) in [7, 11) is 0. The fraction of sp³-hybridized carbons (Fsp3) is 0.357. The van der Waals surface area contributed by atoms with Gasteiger partial charge in [-0.25, -0.2) is 4.98 Å². The summed E-state index contributed by atoms with van der Waals surface area (Å²) >= 11 is 9.29. The first-order valence-electron chi connectivity index (χ1n) is 6.75. The smallest absolute Gasteiger partial charge is 0.239 e. The highest BCUT2D eigenvalue weighted by Gasteiger charge is 2.29. The van der Waals surface area contributed by atoms with E-state index in [4.69, 9.17) is 16.1 Å². The van der Waals surface area contributed by atoms with Crippen molar-refractivity contribution < 1.29 is 4.52 Å². The lowest BCUT2D eigenvalue weighted by atomic mass is 10.3. The maximum absolute atomic E-state index is 5.99. The molecule has 4 rings (SSSR count). The number of fused-ring (bicyclic) bond motifs is 1. The summed E-state index contributed by atoms with van der Waals surface area (Å²) in [6.45, 7) is 2.06. The van der Waals surface area contributed by atoms with Crippen molar-refractivity contribution in [2.24, 2.45) is 0 Å². The average molecular weight is 338 g/mol. The second-order valence-corrected chi connectivity index (χ2v) is 8.17. The van der Waals surface area contributed by atoms with Gasteiger partial charge in [0.1, 0.15) is 0 Å². The zero-order chi connectivity index (χ0) is 14.4. The zero-order valence-electron chi connectivity index (χ0n) is 11.2. The monoisotopic (exact) mass is 337 g/mol. The Morgan fingerprint density at radius 2 is 2.24 bits per heavy atom. The topological polar surface area (TPSA) is 51.8 Å². The van der Waals surface area contributed by atoms with Gasteiger partial charge in [0.2, 0.25) is 5.89 Å². The van der Waals surface area contributed by atoms with Crippen molar-refractivity contribution in [3.63, 3.8) is 0 Å². The second-order valence-electron chi connectivity index (χ2n) is 5.12. The molecule has 0 amide bonds. The van der Waals surface area contributed by atoms with Gasteiger partial charge in [0.15, 0.2) is 10.2 Å². The van der Waals surface area contributed by atoms with Crippen molar-refractivity contribution in [1.29, 1.82) is 0 Å². The largest absolute Gasteiger partial charge is 0.338 e. The van der Waals surface area contributed by atoms with Crippen LogP contribution in [0.5, 0.6) is 0 Å². The Morgan fingerprint density at radius 3 is 3.05 bits per heavy atom. The maximum atomic E-state index is 5.99. The van der Waals surface area contributed by atoms with Crippen LogP contribution in [0.1, 0.15) is 42.6 Å². The molecule has 3 aromatic rings. The quantitative estimate of drug-likeness (QED) is 0.622. The van der Waals surface area contributed by atoms with Gasteiger partial charge in [0, 0.05) is 10.9 Å². The summed E-state index contributed by atoms with van der Waals surface area (Å²) in [4.78, 5) is 9.09. The third-order valence-corrected chi connectivity index (χ3v) is 5.81. The number of thioether (sulfide) groups is 1. The summed E-state index contributed by atoms with van der Waals surface area (Å²) in [5, 5.41) is 4.87. The molecule has 1 aromatic carbocycles. The number of hydrogen-bond donors (Lipinski definition) is 0. The van der Waals surface area contributed by atoms with Gasteiger partial charge in [-0.05, 0) is 38.0 Å². The van der Waals surface area contributed by atoms with Crippen molar-refractivity contribution >= 4 is 44.9 Å². The Kier molecular flexibility index (Phi) is 3.40. The van der Waals surface area contributed by atoms with Crippen LogP contribution in [0.2, 0.25) is 5.02 Å². The van der Waals surface area contributed by atoms with Gasteiger partial charge < -0.3 is 4.52 Å². The van der Waals surface area contributed by atoms with Gasteiger partial charge in [-0.1, -0.05) is 28.5 Å².